The lowest BCUT2D eigenvalue weighted by atomic mass is 9.73. The van der Waals surface area contributed by atoms with Crippen LogP contribution in [0.2, 0.25) is 0 Å². The third-order valence-corrected chi connectivity index (χ3v) is 4.60. The first-order valence-corrected chi connectivity index (χ1v) is 7.55. The summed E-state index contributed by atoms with van der Waals surface area (Å²) in [7, 11) is 0. The van der Waals surface area contributed by atoms with Gasteiger partial charge in [0.2, 0.25) is 0 Å². The summed E-state index contributed by atoms with van der Waals surface area (Å²) in [4.78, 5) is 0. The summed E-state index contributed by atoms with van der Waals surface area (Å²) in [5, 5.41) is 0. The van der Waals surface area contributed by atoms with Crippen molar-refractivity contribution >= 4 is 0 Å². The van der Waals surface area contributed by atoms with E-state index in [4.69, 9.17) is 5.84 Å². The van der Waals surface area contributed by atoms with E-state index < -0.39 is 11.6 Å². The second-order valence-corrected chi connectivity index (χ2v) is 5.87. The van der Waals surface area contributed by atoms with Gasteiger partial charge in [0.25, 0.3) is 0 Å². The van der Waals surface area contributed by atoms with E-state index in [9.17, 15) is 8.78 Å². The van der Waals surface area contributed by atoms with Crippen molar-refractivity contribution < 1.29 is 8.78 Å². The fraction of sp³-hybridized carbons (Fsp3) is 0.625. The minimum absolute atomic E-state index is 0.0847. The van der Waals surface area contributed by atoms with Crippen molar-refractivity contribution in [3.63, 3.8) is 0 Å². The number of rotatable bonds is 5. The molecule has 0 amide bonds. The van der Waals surface area contributed by atoms with Crippen LogP contribution < -0.4 is 11.3 Å². The molecule has 1 aliphatic rings. The van der Waals surface area contributed by atoms with Gasteiger partial charge in [0.1, 0.15) is 11.6 Å². The van der Waals surface area contributed by atoms with Gasteiger partial charge in [-0.3, -0.25) is 11.3 Å². The fourth-order valence-electron chi connectivity index (χ4n) is 3.59. The van der Waals surface area contributed by atoms with Crippen molar-refractivity contribution in [2.75, 3.05) is 0 Å². The Balaban J connectivity index is 2.11. The molecule has 0 saturated heterocycles. The van der Waals surface area contributed by atoms with E-state index in [2.05, 4.69) is 12.3 Å². The third kappa shape index (κ3) is 3.76. The summed E-state index contributed by atoms with van der Waals surface area (Å²) < 4.78 is 26.6. The molecule has 0 aliphatic heterocycles. The summed E-state index contributed by atoms with van der Waals surface area (Å²) in [6.45, 7) is 2.21. The second kappa shape index (κ2) is 7.14. The highest BCUT2D eigenvalue weighted by Crippen LogP contribution is 2.35. The molecule has 112 valence electrons. The summed E-state index contributed by atoms with van der Waals surface area (Å²) in [6, 6.07) is 3.79. The second-order valence-electron chi connectivity index (χ2n) is 5.87. The van der Waals surface area contributed by atoms with Crippen molar-refractivity contribution in [1.82, 2.24) is 5.43 Å². The van der Waals surface area contributed by atoms with Crippen LogP contribution in [0.5, 0.6) is 0 Å². The van der Waals surface area contributed by atoms with Gasteiger partial charge >= 0.3 is 0 Å². The summed E-state index contributed by atoms with van der Waals surface area (Å²) in [5.74, 6) is 5.81. The van der Waals surface area contributed by atoms with Crippen LogP contribution in [0.15, 0.2) is 18.2 Å². The molecule has 0 bridgehead atoms. The van der Waals surface area contributed by atoms with Gasteiger partial charge in [0.15, 0.2) is 0 Å². The van der Waals surface area contributed by atoms with E-state index in [1.165, 1.54) is 31.4 Å². The Kier molecular flexibility index (Phi) is 5.49. The number of hydrogen-bond acceptors (Lipinski definition) is 2. The zero-order valence-corrected chi connectivity index (χ0v) is 12.0. The Morgan fingerprint density at radius 3 is 2.45 bits per heavy atom. The number of nitrogens with two attached hydrogens (primary N) is 1. The van der Waals surface area contributed by atoms with E-state index in [1.807, 2.05) is 0 Å². The first-order chi connectivity index (χ1) is 9.63. The highest BCUT2D eigenvalue weighted by atomic mass is 19.1. The molecule has 0 spiro atoms. The molecule has 0 radical (unpaired) electrons. The lowest BCUT2D eigenvalue weighted by Gasteiger charge is -2.36. The molecule has 4 heteroatoms. The monoisotopic (exact) mass is 282 g/mol. The number of halogens is 2. The maximum atomic E-state index is 13.3. The van der Waals surface area contributed by atoms with E-state index in [-0.39, 0.29) is 6.04 Å². The number of nitrogens with one attached hydrogen (secondary N) is 1. The van der Waals surface area contributed by atoms with Gasteiger partial charge in [-0.2, -0.15) is 0 Å². The molecule has 0 heterocycles. The minimum Gasteiger partial charge on any atom is -0.271 e. The van der Waals surface area contributed by atoms with Gasteiger partial charge in [-0.05, 0) is 42.4 Å². The predicted molar refractivity (Wildman–Crippen MR) is 76.9 cm³/mol. The van der Waals surface area contributed by atoms with Gasteiger partial charge in [-0.25, -0.2) is 8.78 Å². The molecule has 1 aromatic carbocycles. The number of hydrogen-bond donors (Lipinski definition) is 2. The summed E-state index contributed by atoms with van der Waals surface area (Å²) in [5.41, 5.74) is 3.55. The number of benzene rings is 1. The first kappa shape index (κ1) is 15.4. The Morgan fingerprint density at radius 1 is 1.20 bits per heavy atom. The van der Waals surface area contributed by atoms with Crippen LogP contribution in [0, 0.1) is 23.5 Å². The maximum absolute atomic E-state index is 13.3. The molecule has 0 aromatic heterocycles. The topological polar surface area (TPSA) is 38.0 Å². The summed E-state index contributed by atoms with van der Waals surface area (Å²) >= 11 is 0. The molecular formula is C16H24F2N2. The standard InChI is InChI=1S/C16H24F2N2/c1-2-12-5-3-4-6-15(12)16(20-19)9-11-7-13(17)10-14(18)8-11/h7-8,10,12,15-16,20H,2-6,9,19H2,1H3. The molecule has 3 atom stereocenters. The fourth-order valence-corrected chi connectivity index (χ4v) is 3.59. The molecule has 20 heavy (non-hydrogen) atoms. The van der Waals surface area contributed by atoms with Crippen molar-refractivity contribution in [2.24, 2.45) is 17.7 Å². The van der Waals surface area contributed by atoms with Gasteiger partial charge < -0.3 is 0 Å². The molecule has 3 N–H and O–H groups in total. The van der Waals surface area contributed by atoms with E-state index in [1.54, 1.807) is 0 Å². The van der Waals surface area contributed by atoms with Crippen LogP contribution in [0.25, 0.3) is 0 Å². The lowest BCUT2D eigenvalue weighted by molar-refractivity contribution is 0.174. The number of hydrazine groups is 1. The first-order valence-electron chi connectivity index (χ1n) is 7.55. The average Bonchev–Trinajstić information content (AvgIpc) is 2.43. The van der Waals surface area contributed by atoms with Gasteiger partial charge in [0, 0.05) is 12.1 Å². The normalized spacial score (nSPS) is 24.6. The molecule has 1 aromatic rings. The van der Waals surface area contributed by atoms with Gasteiger partial charge in [-0.1, -0.05) is 32.6 Å². The van der Waals surface area contributed by atoms with Crippen molar-refractivity contribution in [3.05, 3.63) is 35.4 Å². The van der Waals surface area contributed by atoms with E-state index >= 15 is 0 Å². The minimum atomic E-state index is -0.522. The lowest BCUT2D eigenvalue weighted by Crippen LogP contribution is -2.46. The Hall–Kier alpha value is -1.00. The van der Waals surface area contributed by atoms with E-state index in [0.29, 0.717) is 23.8 Å². The molecular weight excluding hydrogens is 258 g/mol. The Bertz CT molecular complexity index is 416. The Labute approximate surface area is 119 Å². The highest BCUT2D eigenvalue weighted by molar-refractivity contribution is 5.19. The van der Waals surface area contributed by atoms with Gasteiger partial charge in [0.05, 0.1) is 0 Å². The zero-order chi connectivity index (χ0) is 14.5. The molecule has 1 saturated carbocycles. The zero-order valence-electron chi connectivity index (χ0n) is 12.0. The maximum Gasteiger partial charge on any atom is 0.126 e. The molecule has 1 fully saturated rings. The third-order valence-electron chi connectivity index (χ3n) is 4.60. The van der Waals surface area contributed by atoms with E-state index in [0.717, 1.165) is 18.9 Å². The van der Waals surface area contributed by atoms with Crippen LogP contribution in [0.1, 0.15) is 44.6 Å². The average molecular weight is 282 g/mol. The van der Waals surface area contributed by atoms with Crippen molar-refractivity contribution in [3.8, 4) is 0 Å². The molecule has 2 rings (SSSR count). The van der Waals surface area contributed by atoms with Crippen LogP contribution in [0.3, 0.4) is 0 Å². The highest BCUT2D eigenvalue weighted by Gasteiger charge is 2.30. The smallest absolute Gasteiger partial charge is 0.126 e. The largest absolute Gasteiger partial charge is 0.271 e. The molecule has 2 nitrogen and oxygen atoms in total. The SMILES string of the molecule is CCC1CCCCC1C(Cc1cc(F)cc(F)c1)NN. The van der Waals surface area contributed by atoms with Crippen molar-refractivity contribution in [1.29, 1.82) is 0 Å². The van der Waals surface area contributed by atoms with Crippen LogP contribution in [-0.4, -0.2) is 6.04 Å². The molecule has 3 unspecified atom stereocenters. The molecule has 1 aliphatic carbocycles. The van der Waals surface area contributed by atoms with Gasteiger partial charge in [-0.15, -0.1) is 0 Å². The Morgan fingerprint density at radius 2 is 1.85 bits per heavy atom. The quantitative estimate of drug-likeness (QED) is 0.640. The van der Waals surface area contributed by atoms with Crippen molar-refractivity contribution in [2.45, 2.75) is 51.5 Å². The van der Waals surface area contributed by atoms with Crippen LogP contribution in [0.4, 0.5) is 8.78 Å². The predicted octanol–water partition coefficient (Wildman–Crippen LogP) is 3.56. The van der Waals surface area contributed by atoms with Crippen LogP contribution in [-0.2, 0) is 6.42 Å². The van der Waals surface area contributed by atoms with Crippen LogP contribution >= 0.6 is 0 Å². The summed E-state index contributed by atoms with van der Waals surface area (Å²) in [6.07, 6.45) is 6.59.